The van der Waals surface area contributed by atoms with Gasteiger partial charge in [0.05, 0.1) is 16.9 Å². The van der Waals surface area contributed by atoms with Gasteiger partial charge < -0.3 is 15.8 Å². The van der Waals surface area contributed by atoms with Crippen LogP contribution in [0.25, 0.3) is 16.7 Å². The van der Waals surface area contributed by atoms with Gasteiger partial charge in [0.15, 0.2) is 5.65 Å². The van der Waals surface area contributed by atoms with E-state index in [1.165, 1.54) is 41.0 Å². The second-order valence-corrected chi connectivity index (χ2v) is 9.71. The number of aromatic nitrogens is 3. The number of nitrogens with zero attached hydrogens (tertiary/aromatic N) is 3. The summed E-state index contributed by atoms with van der Waals surface area (Å²) in [4.78, 5) is 46.1. The number of carbonyl (C=O) groups is 2. The molecule has 0 aliphatic carbocycles. The molecule has 0 aliphatic heterocycles. The molecule has 2 amide bonds. The van der Waals surface area contributed by atoms with E-state index in [9.17, 15) is 27.6 Å². The summed E-state index contributed by atoms with van der Waals surface area (Å²) in [7, 11) is 0. The highest BCUT2D eigenvalue weighted by atomic mass is 19.4. The van der Waals surface area contributed by atoms with E-state index in [0.717, 1.165) is 12.1 Å². The first-order chi connectivity index (χ1) is 20.4. The molecule has 218 valence electrons. The van der Waals surface area contributed by atoms with Crippen LogP contribution in [0.15, 0.2) is 83.7 Å². The summed E-state index contributed by atoms with van der Waals surface area (Å²) in [6.45, 7) is 3.52. The Morgan fingerprint density at radius 2 is 1.58 bits per heavy atom. The Bertz CT molecular complexity index is 1920. The number of halogens is 3. The van der Waals surface area contributed by atoms with Gasteiger partial charge in [-0.25, -0.2) is 0 Å². The van der Waals surface area contributed by atoms with Crippen LogP contribution in [0.1, 0.15) is 43.1 Å². The lowest BCUT2D eigenvalue weighted by Crippen LogP contribution is -2.23. The van der Waals surface area contributed by atoms with Gasteiger partial charge in [-0.2, -0.15) is 23.1 Å². The van der Waals surface area contributed by atoms with Gasteiger partial charge in [0.1, 0.15) is 5.75 Å². The molecular formula is C31H24F3N5O4. The molecule has 0 spiro atoms. The maximum Gasteiger partial charge on any atom is 0.416 e. The third kappa shape index (κ3) is 6.22. The van der Waals surface area contributed by atoms with Crippen LogP contribution in [-0.2, 0) is 12.7 Å². The van der Waals surface area contributed by atoms with E-state index < -0.39 is 23.6 Å². The predicted octanol–water partition coefficient (Wildman–Crippen LogP) is 5.24. The standard InChI is InChI=1S/C31H24F3N5O4/c1-17-15-21(27(35)41)7-13-25(17)43-30-37-18(2)24-12-14-26(40)39(28(24)38-30)23-10-5-20(6-11-23)29(42)36-16-19-3-8-22(9-4-19)31(32,33)34/h3-15H,16H2,1-2H3,(H2,35,41)(H,36,42). The highest BCUT2D eigenvalue weighted by Gasteiger charge is 2.29. The van der Waals surface area contributed by atoms with Crippen molar-refractivity contribution in [3.05, 3.63) is 123 Å². The van der Waals surface area contributed by atoms with Crippen LogP contribution < -0.4 is 21.3 Å². The van der Waals surface area contributed by atoms with Crippen LogP contribution in [0, 0.1) is 13.8 Å². The van der Waals surface area contributed by atoms with E-state index in [2.05, 4.69) is 15.3 Å². The minimum atomic E-state index is -4.44. The molecule has 9 nitrogen and oxygen atoms in total. The van der Waals surface area contributed by atoms with Crippen molar-refractivity contribution in [2.24, 2.45) is 5.73 Å². The van der Waals surface area contributed by atoms with Crippen LogP contribution >= 0.6 is 0 Å². The molecule has 0 fully saturated rings. The van der Waals surface area contributed by atoms with Crippen molar-refractivity contribution in [2.75, 3.05) is 0 Å². The summed E-state index contributed by atoms with van der Waals surface area (Å²) < 4.78 is 45.6. The monoisotopic (exact) mass is 587 g/mol. The molecule has 0 bridgehead atoms. The van der Waals surface area contributed by atoms with Gasteiger partial charge in [-0.05, 0) is 85.6 Å². The van der Waals surface area contributed by atoms with Gasteiger partial charge in [-0.15, -0.1) is 0 Å². The first kappa shape index (κ1) is 29.0. The van der Waals surface area contributed by atoms with E-state index in [4.69, 9.17) is 10.5 Å². The molecule has 2 heterocycles. The summed E-state index contributed by atoms with van der Waals surface area (Å²) in [5.74, 6) is -0.609. The van der Waals surface area contributed by atoms with E-state index in [1.807, 2.05) is 0 Å². The van der Waals surface area contributed by atoms with Crippen molar-refractivity contribution in [3.8, 4) is 17.4 Å². The first-order valence-electron chi connectivity index (χ1n) is 12.9. The molecule has 5 rings (SSSR count). The second kappa shape index (κ2) is 11.4. The first-order valence-corrected chi connectivity index (χ1v) is 12.9. The van der Waals surface area contributed by atoms with Gasteiger partial charge in [-0.3, -0.25) is 19.0 Å². The largest absolute Gasteiger partial charge is 0.424 e. The number of aryl methyl sites for hydroxylation is 2. The van der Waals surface area contributed by atoms with Crippen molar-refractivity contribution in [1.29, 1.82) is 0 Å². The number of hydrogen-bond donors (Lipinski definition) is 2. The molecule has 0 unspecified atom stereocenters. The lowest BCUT2D eigenvalue weighted by atomic mass is 10.1. The third-order valence-electron chi connectivity index (χ3n) is 6.70. The molecule has 3 aromatic carbocycles. The Balaban J connectivity index is 1.39. The molecule has 3 N–H and O–H groups in total. The maximum atomic E-state index is 13.0. The smallest absolute Gasteiger partial charge is 0.416 e. The summed E-state index contributed by atoms with van der Waals surface area (Å²) in [6.07, 6.45) is -4.44. The maximum absolute atomic E-state index is 13.0. The van der Waals surface area contributed by atoms with E-state index in [1.54, 1.807) is 44.2 Å². The average molecular weight is 588 g/mol. The number of hydrogen-bond acceptors (Lipinski definition) is 6. The predicted molar refractivity (Wildman–Crippen MR) is 152 cm³/mol. The van der Waals surface area contributed by atoms with Gasteiger partial charge in [0.25, 0.3) is 11.5 Å². The Morgan fingerprint density at radius 1 is 0.907 bits per heavy atom. The normalized spacial score (nSPS) is 11.4. The van der Waals surface area contributed by atoms with Crippen molar-refractivity contribution in [1.82, 2.24) is 19.9 Å². The zero-order valence-electron chi connectivity index (χ0n) is 22.9. The van der Waals surface area contributed by atoms with Crippen LogP contribution in [-0.4, -0.2) is 26.3 Å². The molecule has 12 heteroatoms. The minimum absolute atomic E-state index is 0.0152. The number of carbonyl (C=O) groups excluding carboxylic acids is 2. The molecule has 43 heavy (non-hydrogen) atoms. The Labute approximate surface area is 242 Å². The minimum Gasteiger partial charge on any atom is -0.424 e. The van der Waals surface area contributed by atoms with Crippen molar-refractivity contribution in [3.63, 3.8) is 0 Å². The fourth-order valence-electron chi connectivity index (χ4n) is 4.41. The van der Waals surface area contributed by atoms with Gasteiger partial charge in [0.2, 0.25) is 5.91 Å². The quantitative estimate of drug-likeness (QED) is 0.268. The Hall–Kier alpha value is -5.52. The molecule has 0 saturated heterocycles. The van der Waals surface area contributed by atoms with E-state index >= 15 is 0 Å². The van der Waals surface area contributed by atoms with Gasteiger partial charge in [0, 0.05) is 29.1 Å². The molecule has 0 radical (unpaired) electrons. The number of fused-ring (bicyclic) bond motifs is 1. The highest BCUT2D eigenvalue weighted by molar-refractivity contribution is 5.94. The summed E-state index contributed by atoms with van der Waals surface area (Å²) in [5.41, 5.74) is 7.22. The SMILES string of the molecule is Cc1cc(C(N)=O)ccc1Oc1nc(C)c2ccc(=O)n(-c3ccc(C(=O)NCc4ccc(C(F)(F)F)cc4)cc3)c2n1. The fraction of sp³-hybridized carbons (Fsp3) is 0.129. The molecule has 5 aromatic rings. The van der Waals surface area contributed by atoms with Crippen LogP contribution in [0.2, 0.25) is 0 Å². The highest BCUT2D eigenvalue weighted by Crippen LogP contribution is 2.29. The van der Waals surface area contributed by atoms with Crippen LogP contribution in [0.3, 0.4) is 0 Å². The summed E-state index contributed by atoms with van der Waals surface area (Å²) >= 11 is 0. The summed E-state index contributed by atoms with van der Waals surface area (Å²) in [6, 6.07) is 18.4. The Morgan fingerprint density at radius 3 is 2.21 bits per heavy atom. The number of nitrogens with one attached hydrogen (secondary N) is 1. The lowest BCUT2D eigenvalue weighted by molar-refractivity contribution is -0.137. The molecular weight excluding hydrogens is 563 g/mol. The topological polar surface area (TPSA) is 129 Å². The number of ether oxygens (including phenoxy) is 1. The molecule has 2 aromatic heterocycles. The van der Waals surface area contributed by atoms with Crippen molar-refractivity contribution >= 4 is 22.8 Å². The zero-order chi connectivity index (χ0) is 30.9. The van der Waals surface area contributed by atoms with E-state index in [-0.39, 0.29) is 29.3 Å². The number of rotatable bonds is 7. The van der Waals surface area contributed by atoms with Crippen molar-refractivity contribution in [2.45, 2.75) is 26.6 Å². The number of benzene rings is 3. The molecule has 0 atom stereocenters. The number of primary amides is 1. The molecule has 0 aliphatic rings. The van der Waals surface area contributed by atoms with Gasteiger partial charge >= 0.3 is 12.2 Å². The number of alkyl halides is 3. The van der Waals surface area contributed by atoms with E-state index in [0.29, 0.717) is 39.2 Å². The van der Waals surface area contributed by atoms with Crippen LogP contribution in [0.5, 0.6) is 11.8 Å². The number of nitrogens with two attached hydrogens (primary N) is 1. The fourth-order valence-corrected chi connectivity index (χ4v) is 4.41. The Kier molecular flexibility index (Phi) is 7.68. The lowest BCUT2D eigenvalue weighted by Gasteiger charge is -2.14. The van der Waals surface area contributed by atoms with Crippen molar-refractivity contribution < 1.29 is 27.5 Å². The number of amides is 2. The second-order valence-electron chi connectivity index (χ2n) is 9.71. The van der Waals surface area contributed by atoms with Crippen LogP contribution in [0.4, 0.5) is 13.2 Å². The third-order valence-corrected chi connectivity index (χ3v) is 6.70. The van der Waals surface area contributed by atoms with Gasteiger partial charge in [-0.1, -0.05) is 12.1 Å². The summed E-state index contributed by atoms with van der Waals surface area (Å²) in [5, 5.41) is 3.28. The zero-order valence-corrected chi connectivity index (χ0v) is 22.9. The number of pyridine rings is 1. The average Bonchev–Trinajstić information content (AvgIpc) is 2.96. The molecule has 0 saturated carbocycles.